The quantitative estimate of drug-likeness (QED) is 0.0747. The molecule has 42 heavy (non-hydrogen) atoms. The zero-order valence-corrected chi connectivity index (χ0v) is 27.6. The summed E-state index contributed by atoms with van der Waals surface area (Å²) in [5.74, 6) is 0. The molecule has 0 amide bonds. The summed E-state index contributed by atoms with van der Waals surface area (Å²) in [7, 11) is 0. The maximum atomic E-state index is 2.54. The van der Waals surface area contributed by atoms with Gasteiger partial charge in [-0.2, -0.15) is 0 Å². The first-order chi connectivity index (χ1) is 20.7. The summed E-state index contributed by atoms with van der Waals surface area (Å²) in [6.45, 7) is 8.25. The molecule has 0 fully saturated rings. The monoisotopic (exact) mass is 571 g/mol. The predicted molar refractivity (Wildman–Crippen MR) is 182 cm³/mol. The summed E-state index contributed by atoms with van der Waals surface area (Å²) in [5.41, 5.74) is 2.88. The summed E-state index contributed by atoms with van der Waals surface area (Å²) >= 11 is 0. The van der Waals surface area contributed by atoms with E-state index >= 15 is 0 Å². The first kappa shape index (κ1) is 34.1. The molecular weight excluding hydrogens is 508 g/mol. The molecule has 0 bridgehead atoms. The lowest BCUT2D eigenvalue weighted by Crippen LogP contribution is -2.38. The predicted octanol–water partition coefficient (Wildman–Crippen LogP) is 11.6. The van der Waals surface area contributed by atoms with Gasteiger partial charge in [-0.3, -0.25) is 0 Å². The molecule has 232 valence electrons. The van der Waals surface area contributed by atoms with Gasteiger partial charge >= 0.3 is 0 Å². The minimum atomic E-state index is 0.0171. The van der Waals surface area contributed by atoms with E-state index in [1.54, 1.807) is 0 Å². The Morgan fingerprint density at radius 2 is 1.12 bits per heavy atom. The Kier molecular flexibility index (Phi) is 16.7. The van der Waals surface area contributed by atoms with Gasteiger partial charge in [-0.05, 0) is 43.2 Å². The minimum absolute atomic E-state index is 0.0171. The third-order valence-electron chi connectivity index (χ3n) is 9.51. The van der Waals surface area contributed by atoms with Gasteiger partial charge in [0.1, 0.15) is 18.4 Å². The van der Waals surface area contributed by atoms with Crippen molar-refractivity contribution < 1.29 is 4.57 Å². The molecule has 2 heteroatoms. The second-order valence-electron chi connectivity index (χ2n) is 13.2. The SMILES string of the molecule is CCCCCCCCCCCCCCCCC[n+]1ccn(C(CCCC)C(C)(Cc2ccccc2)c2ccccc2)c1. The lowest BCUT2D eigenvalue weighted by atomic mass is 9.70. The van der Waals surface area contributed by atoms with Crippen LogP contribution in [0.25, 0.3) is 0 Å². The molecule has 0 radical (unpaired) electrons. The van der Waals surface area contributed by atoms with Gasteiger partial charge in [-0.15, -0.1) is 0 Å². The van der Waals surface area contributed by atoms with Crippen LogP contribution in [0.1, 0.15) is 154 Å². The van der Waals surface area contributed by atoms with E-state index in [-0.39, 0.29) is 5.41 Å². The number of aromatic nitrogens is 2. The number of benzene rings is 2. The van der Waals surface area contributed by atoms with Crippen LogP contribution in [0.2, 0.25) is 0 Å². The average molecular weight is 572 g/mol. The second kappa shape index (κ2) is 20.5. The van der Waals surface area contributed by atoms with Crippen molar-refractivity contribution >= 4 is 0 Å². The van der Waals surface area contributed by atoms with Gasteiger partial charge in [0, 0.05) is 5.41 Å². The maximum absolute atomic E-state index is 2.54. The Hall–Kier alpha value is -2.35. The van der Waals surface area contributed by atoms with E-state index in [1.165, 1.54) is 127 Å². The molecule has 2 aromatic carbocycles. The third-order valence-corrected chi connectivity index (χ3v) is 9.51. The van der Waals surface area contributed by atoms with Crippen molar-refractivity contribution in [3.63, 3.8) is 0 Å². The Bertz CT molecular complexity index is 1040. The van der Waals surface area contributed by atoms with Gasteiger partial charge in [-0.25, -0.2) is 9.13 Å². The number of unbranched alkanes of at least 4 members (excludes halogenated alkanes) is 15. The van der Waals surface area contributed by atoms with Gasteiger partial charge in [0.2, 0.25) is 6.33 Å². The average Bonchev–Trinajstić information content (AvgIpc) is 3.48. The Labute approximate surface area is 260 Å². The fourth-order valence-electron chi connectivity index (χ4n) is 6.84. The van der Waals surface area contributed by atoms with Crippen LogP contribution in [-0.2, 0) is 18.4 Å². The Morgan fingerprint density at radius 3 is 1.67 bits per heavy atom. The van der Waals surface area contributed by atoms with Crippen LogP contribution in [0.4, 0.5) is 0 Å². The number of hydrogen-bond donors (Lipinski definition) is 0. The van der Waals surface area contributed by atoms with E-state index < -0.39 is 0 Å². The van der Waals surface area contributed by atoms with Crippen LogP contribution in [0.5, 0.6) is 0 Å². The van der Waals surface area contributed by atoms with Crippen molar-refractivity contribution in [1.29, 1.82) is 0 Å². The van der Waals surface area contributed by atoms with Crippen LogP contribution in [0.3, 0.4) is 0 Å². The topological polar surface area (TPSA) is 8.81 Å². The van der Waals surface area contributed by atoms with E-state index in [0.29, 0.717) is 6.04 Å². The zero-order chi connectivity index (χ0) is 29.7. The van der Waals surface area contributed by atoms with E-state index in [0.717, 1.165) is 13.0 Å². The first-order valence-corrected chi connectivity index (χ1v) is 17.8. The molecule has 3 aromatic rings. The molecular formula is C40H63N2+. The highest BCUT2D eigenvalue weighted by atomic mass is 15.1. The fourth-order valence-corrected chi connectivity index (χ4v) is 6.84. The van der Waals surface area contributed by atoms with E-state index in [4.69, 9.17) is 0 Å². The van der Waals surface area contributed by atoms with Crippen LogP contribution in [-0.4, -0.2) is 4.57 Å². The minimum Gasteiger partial charge on any atom is -0.237 e. The van der Waals surface area contributed by atoms with E-state index in [1.807, 2.05) is 0 Å². The molecule has 0 saturated carbocycles. The summed E-state index contributed by atoms with van der Waals surface area (Å²) < 4.78 is 4.98. The number of hydrogen-bond acceptors (Lipinski definition) is 0. The normalized spacial score (nSPS) is 13.7. The summed E-state index contributed by atoms with van der Waals surface area (Å²) in [6.07, 6.45) is 33.1. The summed E-state index contributed by atoms with van der Waals surface area (Å²) in [6, 6.07) is 22.8. The third kappa shape index (κ3) is 12.1. The molecule has 2 unspecified atom stereocenters. The molecule has 1 heterocycles. The maximum Gasteiger partial charge on any atom is 0.244 e. The number of rotatable bonds is 24. The highest BCUT2D eigenvalue weighted by Gasteiger charge is 2.40. The molecule has 0 N–H and O–H groups in total. The number of imidazole rings is 1. The van der Waals surface area contributed by atoms with E-state index in [9.17, 15) is 0 Å². The Morgan fingerprint density at radius 1 is 0.619 bits per heavy atom. The largest absolute Gasteiger partial charge is 0.244 e. The van der Waals surface area contributed by atoms with Gasteiger partial charge in [-0.1, -0.05) is 171 Å². The number of aryl methyl sites for hydroxylation is 1. The van der Waals surface area contributed by atoms with Crippen molar-refractivity contribution in [3.05, 3.63) is 90.5 Å². The lowest BCUT2D eigenvalue weighted by Gasteiger charge is -2.36. The van der Waals surface area contributed by atoms with Crippen LogP contribution < -0.4 is 4.57 Å². The highest BCUT2D eigenvalue weighted by molar-refractivity contribution is 5.30. The highest BCUT2D eigenvalue weighted by Crippen LogP contribution is 2.41. The molecule has 2 nitrogen and oxygen atoms in total. The summed E-state index contributed by atoms with van der Waals surface area (Å²) in [4.78, 5) is 0. The standard InChI is InChI=1S/C40H63N2/c1-4-6-8-9-10-11-12-13-14-15-16-17-18-19-26-32-41-33-34-42(36-41)39(31-7-5-2)40(3,38-29-24-21-25-30-38)35-37-27-22-20-23-28-37/h20-25,27-30,33-34,36,39H,4-19,26,31-32,35H2,1-3H3/q+1. The van der Waals surface area contributed by atoms with Crippen LogP contribution in [0, 0.1) is 0 Å². The van der Waals surface area contributed by atoms with Crippen LogP contribution >= 0.6 is 0 Å². The molecule has 0 spiro atoms. The summed E-state index contributed by atoms with van der Waals surface area (Å²) in [5, 5.41) is 0. The van der Waals surface area contributed by atoms with Crippen LogP contribution in [0.15, 0.2) is 79.4 Å². The first-order valence-electron chi connectivity index (χ1n) is 17.8. The molecule has 1 aromatic heterocycles. The number of nitrogens with zero attached hydrogens (tertiary/aromatic N) is 2. The molecule has 0 aliphatic heterocycles. The molecule has 3 rings (SSSR count). The van der Waals surface area contributed by atoms with Gasteiger partial charge < -0.3 is 0 Å². The van der Waals surface area contributed by atoms with Gasteiger partial charge in [0.25, 0.3) is 0 Å². The second-order valence-corrected chi connectivity index (χ2v) is 13.2. The lowest BCUT2D eigenvalue weighted by molar-refractivity contribution is -0.697. The fraction of sp³-hybridized carbons (Fsp3) is 0.625. The zero-order valence-electron chi connectivity index (χ0n) is 27.6. The molecule has 0 aliphatic carbocycles. The smallest absolute Gasteiger partial charge is 0.237 e. The van der Waals surface area contributed by atoms with Crippen molar-refractivity contribution in [3.8, 4) is 0 Å². The van der Waals surface area contributed by atoms with Crippen molar-refractivity contribution in [2.75, 3.05) is 0 Å². The molecule has 0 aliphatic rings. The van der Waals surface area contributed by atoms with Crippen molar-refractivity contribution in [1.82, 2.24) is 4.57 Å². The molecule has 2 atom stereocenters. The Balaban J connectivity index is 1.44. The molecule has 0 saturated heterocycles. The van der Waals surface area contributed by atoms with E-state index in [2.05, 4.69) is 109 Å². The van der Waals surface area contributed by atoms with Crippen molar-refractivity contribution in [2.24, 2.45) is 0 Å². The van der Waals surface area contributed by atoms with Gasteiger partial charge in [0.05, 0.1) is 6.54 Å². The van der Waals surface area contributed by atoms with Crippen molar-refractivity contribution in [2.45, 2.75) is 161 Å². The van der Waals surface area contributed by atoms with Gasteiger partial charge in [0.15, 0.2) is 0 Å².